The maximum absolute atomic E-state index is 12.0. The number of amides is 1. The molecule has 0 unspecified atom stereocenters. The topological polar surface area (TPSA) is 76.2 Å². The van der Waals surface area contributed by atoms with Crippen molar-refractivity contribution in [3.8, 4) is 5.75 Å². The van der Waals surface area contributed by atoms with Crippen molar-refractivity contribution in [2.24, 2.45) is 0 Å². The lowest BCUT2D eigenvalue weighted by atomic mass is 10.3. The summed E-state index contributed by atoms with van der Waals surface area (Å²) in [5.74, 6) is 0.731. The minimum atomic E-state index is -3.17. The van der Waals surface area contributed by atoms with Crippen molar-refractivity contribution in [1.29, 1.82) is 0 Å². The lowest BCUT2D eigenvalue weighted by Gasteiger charge is -2.33. The Morgan fingerprint density at radius 3 is 2.38 bits per heavy atom. The summed E-state index contributed by atoms with van der Waals surface area (Å²) in [7, 11) is -3.17. The van der Waals surface area contributed by atoms with E-state index in [0.717, 1.165) is 5.75 Å². The van der Waals surface area contributed by atoms with E-state index >= 15 is 0 Å². The van der Waals surface area contributed by atoms with E-state index in [1.807, 2.05) is 30.3 Å². The van der Waals surface area contributed by atoms with Gasteiger partial charge in [-0.1, -0.05) is 18.2 Å². The van der Waals surface area contributed by atoms with Crippen LogP contribution in [-0.4, -0.2) is 75.3 Å². The van der Waals surface area contributed by atoms with Crippen LogP contribution >= 0.6 is 0 Å². The molecule has 0 N–H and O–H groups in total. The highest BCUT2D eigenvalue weighted by atomic mass is 32.2. The highest BCUT2D eigenvalue weighted by Crippen LogP contribution is 2.09. The van der Waals surface area contributed by atoms with E-state index in [-0.39, 0.29) is 18.3 Å². The minimum absolute atomic E-state index is 0.0152. The summed E-state index contributed by atoms with van der Waals surface area (Å²) in [6.45, 7) is 3.81. The van der Waals surface area contributed by atoms with E-state index in [9.17, 15) is 13.2 Å². The molecule has 1 aliphatic heterocycles. The van der Waals surface area contributed by atoms with Crippen molar-refractivity contribution in [2.45, 2.75) is 6.92 Å². The first kappa shape index (κ1) is 18.7. The molecule has 1 fully saturated rings. The van der Waals surface area contributed by atoms with Gasteiger partial charge in [0.05, 0.1) is 12.4 Å². The average molecular weight is 356 g/mol. The standard InChI is InChI=1S/C16H24N2O5S/c1-2-24(20,21)18-10-8-17(9-11-18)16(19)14-22-12-13-23-15-6-4-3-5-7-15/h3-7H,2,8-14H2,1H3. The smallest absolute Gasteiger partial charge is 0.248 e. The Balaban J connectivity index is 1.62. The van der Waals surface area contributed by atoms with Gasteiger partial charge in [0, 0.05) is 26.2 Å². The van der Waals surface area contributed by atoms with Crippen LogP contribution in [0, 0.1) is 0 Å². The summed E-state index contributed by atoms with van der Waals surface area (Å²) >= 11 is 0. The van der Waals surface area contributed by atoms with Gasteiger partial charge in [-0.3, -0.25) is 4.79 Å². The van der Waals surface area contributed by atoms with E-state index in [0.29, 0.717) is 39.4 Å². The Morgan fingerprint density at radius 1 is 1.08 bits per heavy atom. The molecule has 1 amide bonds. The monoisotopic (exact) mass is 356 g/mol. The van der Waals surface area contributed by atoms with Crippen LogP contribution in [0.25, 0.3) is 0 Å². The molecule has 8 heteroatoms. The van der Waals surface area contributed by atoms with Crippen molar-refractivity contribution < 1.29 is 22.7 Å². The number of carbonyl (C=O) groups excluding carboxylic acids is 1. The first-order valence-electron chi connectivity index (χ1n) is 8.04. The number of nitrogens with zero attached hydrogens (tertiary/aromatic N) is 2. The van der Waals surface area contributed by atoms with Crippen LogP contribution < -0.4 is 4.74 Å². The van der Waals surface area contributed by atoms with Crippen molar-refractivity contribution in [3.05, 3.63) is 30.3 Å². The highest BCUT2D eigenvalue weighted by Gasteiger charge is 2.27. The number of piperazine rings is 1. The number of para-hydroxylation sites is 1. The van der Waals surface area contributed by atoms with Crippen LogP contribution in [0.1, 0.15) is 6.92 Å². The molecule has 0 atom stereocenters. The molecule has 0 aliphatic carbocycles. The molecule has 0 aromatic heterocycles. The zero-order valence-electron chi connectivity index (χ0n) is 13.9. The SMILES string of the molecule is CCS(=O)(=O)N1CCN(C(=O)COCCOc2ccccc2)CC1. The fourth-order valence-corrected chi connectivity index (χ4v) is 3.47. The number of sulfonamides is 1. The fraction of sp³-hybridized carbons (Fsp3) is 0.562. The summed E-state index contributed by atoms with van der Waals surface area (Å²) in [4.78, 5) is 13.7. The lowest BCUT2D eigenvalue weighted by Crippen LogP contribution is -2.51. The third kappa shape index (κ3) is 5.47. The van der Waals surface area contributed by atoms with Gasteiger partial charge in [0.1, 0.15) is 19.0 Å². The van der Waals surface area contributed by atoms with Gasteiger partial charge in [0.25, 0.3) is 0 Å². The quantitative estimate of drug-likeness (QED) is 0.637. The molecule has 24 heavy (non-hydrogen) atoms. The number of hydrogen-bond donors (Lipinski definition) is 0. The molecule has 0 spiro atoms. The number of carbonyl (C=O) groups is 1. The molecule has 1 saturated heterocycles. The summed E-state index contributed by atoms with van der Waals surface area (Å²) in [6.07, 6.45) is 0. The lowest BCUT2D eigenvalue weighted by molar-refractivity contribution is -0.137. The molecule has 1 aliphatic rings. The van der Waals surface area contributed by atoms with E-state index in [1.165, 1.54) is 4.31 Å². The summed E-state index contributed by atoms with van der Waals surface area (Å²) < 4.78 is 35.8. The van der Waals surface area contributed by atoms with Crippen molar-refractivity contribution in [3.63, 3.8) is 0 Å². The largest absolute Gasteiger partial charge is 0.491 e. The van der Waals surface area contributed by atoms with Crippen LogP contribution in [0.4, 0.5) is 0 Å². The molecule has 134 valence electrons. The first-order valence-corrected chi connectivity index (χ1v) is 9.65. The van der Waals surface area contributed by atoms with E-state index in [1.54, 1.807) is 11.8 Å². The van der Waals surface area contributed by atoms with Gasteiger partial charge in [-0.15, -0.1) is 0 Å². The maximum Gasteiger partial charge on any atom is 0.248 e. The second-order valence-electron chi connectivity index (χ2n) is 5.39. The number of ether oxygens (including phenoxy) is 2. The third-order valence-electron chi connectivity index (χ3n) is 3.81. The Morgan fingerprint density at radius 2 is 1.75 bits per heavy atom. The molecule has 0 radical (unpaired) electrons. The Labute approximate surface area is 143 Å². The van der Waals surface area contributed by atoms with Crippen molar-refractivity contribution >= 4 is 15.9 Å². The number of hydrogen-bond acceptors (Lipinski definition) is 5. The van der Waals surface area contributed by atoms with Crippen molar-refractivity contribution in [1.82, 2.24) is 9.21 Å². The van der Waals surface area contributed by atoms with Gasteiger partial charge >= 0.3 is 0 Å². The van der Waals surface area contributed by atoms with Crippen LogP contribution in [0.2, 0.25) is 0 Å². The zero-order chi connectivity index (χ0) is 17.4. The van der Waals surface area contributed by atoms with Crippen LogP contribution in [0.5, 0.6) is 5.75 Å². The Bertz CT molecular complexity index is 613. The van der Waals surface area contributed by atoms with Gasteiger partial charge < -0.3 is 14.4 Å². The molecule has 0 bridgehead atoms. The van der Waals surface area contributed by atoms with E-state index < -0.39 is 10.0 Å². The number of rotatable bonds is 8. The average Bonchev–Trinajstić information content (AvgIpc) is 2.62. The van der Waals surface area contributed by atoms with Gasteiger partial charge in [-0.2, -0.15) is 4.31 Å². The minimum Gasteiger partial charge on any atom is -0.491 e. The summed E-state index contributed by atoms with van der Waals surface area (Å²) in [5, 5.41) is 0. The normalized spacial score (nSPS) is 16.1. The third-order valence-corrected chi connectivity index (χ3v) is 5.70. The van der Waals surface area contributed by atoms with Gasteiger partial charge in [0.15, 0.2) is 0 Å². The van der Waals surface area contributed by atoms with E-state index in [4.69, 9.17) is 9.47 Å². The maximum atomic E-state index is 12.0. The van der Waals surface area contributed by atoms with Crippen LogP contribution in [-0.2, 0) is 19.6 Å². The first-order chi connectivity index (χ1) is 11.5. The second kappa shape index (κ2) is 9.00. The summed E-state index contributed by atoms with van der Waals surface area (Å²) in [6, 6.07) is 9.40. The van der Waals surface area contributed by atoms with Crippen molar-refractivity contribution in [2.75, 3.05) is 51.8 Å². The van der Waals surface area contributed by atoms with E-state index in [2.05, 4.69) is 0 Å². The van der Waals surface area contributed by atoms with Gasteiger partial charge in [-0.05, 0) is 19.1 Å². The predicted molar refractivity (Wildman–Crippen MR) is 90.4 cm³/mol. The Hall–Kier alpha value is -1.64. The Kier molecular flexibility index (Phi) is 7.01. The molecule has 1 aromatic rings. The molecule has 0 saturated carbocycles. The highest BCUT2D eigenvalue weighted by molar-refractivity contribution is 7.89. The van der Waals surface area contributed by atoms with Crippen LogP contribution in [0.3, 0.4) is 0 Å². The molecule has 1 heterocycles. The zero-order valence-corrected chi connectivity index (χ0v) is 14.7. The molecule has 1 aromatic carbocycles. The fourth-order valence-electron chi connectivity index (χ4n) is 2.38. The molecule has 7 nitrogen and oxygen atoms in total. The van der Waals surface area contributed by atoms with Gasteiger partial charge in [-0.25, -0.2) is 8.42 Å². The molecule has 2 rings (SSSR count). The predicted octanol–water partition coefficient (Wildman–Crippen LogP) is 0.576. The van der Waals surface area contributed by atoms with Gasteiger partial charge in [0.2, 0.25) is 15.9 Å². The number of benzene rings is 1. The van der Waals surface area contributed by atoms with Crippen LogP contribution in [0.15, 0.2) is 30.3 Å². The molecular weight excluding hydrogens is 332 g/mol. The molecular formula is C16H24N2O5S. The second-order valence-corrected chi connectivity index (χ2v) is 7.65. The summed E-state index contributed by atoms with van der Waals surface area (Å²) in [5.41, 5.74) is 0.